The fraction of sp³-hybridized carbons (Fsp3) is 0.227. The Morgan fingerprint density at radius 3 is 2.23 bits per heavy atom. The maximum Gasteiger partial charge on any atom is 0.355 e. The highest BCUT2D eigenvalue weighted by Crippen LogP contribution is 2.38. The number of hydrogen-bond acceptors (Lipinski definition) is 8. The highest BCUT2D eigenvalue weighted by atomic mass is 16.5. The first-order valence-electron chi connectivity index (χ1n) is 9.18. The summed E-state index contributed by atoms with van der Waals surface area (Å²) in [5.74, 6) is -2.07. The summed E-state index contributed by atoms with van der Waals surface area (Å²) in [6.07, 6.45) is 0. The lowest BCUT2D eigenvalue weighted by molar-refractivity contribution is -0.140. The number of carbonyl (C=O) groups is 3. The van der Waals surface area contributed by atoms with Crippen LogP contribution in [0.4, 0.5) is 5.69 Å². The number of esters is 2. The highest BCUT2D eigenvalue weighted by Gasteiger charge is 2.34. The first-order valence-corrected chi connectivity index (χ1v) is 9.18. The van der Waals surface area contributed by atoms with E-state index in [4.69, 9.17) is 18.9 Å². The molecule has 0 radical (unpaired) electrons. The second kappa shape index (κ2) is 9.31. The molecule has 2 aromatic rings. The van der Waals surface area contributed by atoms with Crippen molar-refractivity contribution >= 4 is 23.6 Å². The van der Waals surface area contributed by atoms with Crippen LogP contribution in [-0.2, 0) is 23.8 Å². The van der Waals surface area contributed by atoms with E-state index in [1.807, 2.05) is 0 Å². The normalized spacial score (nSPS) is 13.6. The second-order valence-corrected chi connectivity index (χ2v) is 6.45. The average Bonchev–Trinajstić information content (AvgIpc) is 2.82. The zero-order valence-electron chi connectivity index (χ0n) is 17.2. The molecule has 9 nitrogen and oxygen atoms in total. The van der Waals surface area contributed by atoms with E-state index < -0.39 is 17.9 Å². The highest BCUT2D eigenvalue weighted by molar-refractivity contribution is 6.06. The van der Waals surface area contributed by atoms with Gasteiger partial charge in [0.05, 0.1) is 44.8 Å². The van der Waals surface area contributed by atoms with E-state index in [1.165, 1.54) is 32.3 Å². The maximum absolute atomic E-state index is 12.6. The van der Waals surface area contributed by atoms with E-state index in [-0.39, 0.29) is 30.2 Å². The van der Waals surface area contributed by atoms with Crippen LogP contribution in [0.5, 0.6) is 5.75 Å². The Bertz CT molecular complexity index is 1040. The topological polar surface area (TPSA) is 112 Å². The van der Waals surface area contributed by atoms with Crippen LogP contribution in [-0.4, -0.2) is 57.7 Å². The van der Waals surface area contributed by atoms with Crippen molar-refractivity contribution in [3.05, 3.63) is 59.3 Å². The van der Waals surface area contributed by atoms with Crippen LogP contribution in [0.2, 0.25) is 0 Å². The van der Waals surface area contributed by atoms with Gasteiger partial charge in [0.1, 0.15) is 18.2 Å². The Hall–Kier alpha value is -3.85. The Labute approximate surface area is 178 Å². The predicted molar refractivity (Wildman–Crippen MR) is 110 cm³/mol. The molecule has 1 heterocycles. The molecule has 3 rings (SSSR count). The van der Waals surface area contributed by atoms with Gasteiger partial charge in [0.25, 0.3) is 0 Å². The zero-order valence-corrected chi connectivity index (χ0v) is 17.2. The van der Waals surface area contributed by atoms with Gasteiger partial charge in [-0.2, -0.15) is 0 Å². The van der Waals surface area contributed by atoms with Gasteiger partial charge in [0.15, 0.2) is 0 Å². The van der Waals surface area contributed by atoms with Crippen molar-refractivity contribution in [2.45, 2.75) is 0 Å². The quantitative estimate of drug-likeness (QED) is 0.695. The molecule has 0 unspecified atom stereocenters. The van der Waals surface area contributed by atoms with Gasteiger partial charge >= 0.3 is 17.9 Å². The van der Waals surface area contributed by atoms with Crippen molar-refractivity contribution in [3.63, 3.8) is 0 Å². The average molecular weight is 427 g/mol. The van der Waals surface area contributed by atoms with Gasteiger partial charge < -0.3 is 29.0 Å². The molecule has 2 aromatic carbocycles. The van der Waals surface area contributed by atoms with Crippen molar-refractivity contribution < 1.29 is 38.4 Å². The predicted octanol–water partition coefficient (Wildman–Crippen LogP) is 2.45. The summed E-state index contributed by atoms with van der Waals surface area (Å²) in [7, 11) is 3.91. The minimum absolute atomic E-state index is 0.0112. The number of carboxylic acid groups (broad SMARTS) is 1. The van der Waals surface area contributed by atoms with Crippen LogP contribution in [0.15, 0.2) is 53.7 Å². The number of nitrogens with zero attached hydrogens (tertiary/aromatic N) is 1. The molecule has 1 aliphatic rings. The molecule has 31 heavy (non-hydrogen) atoms. The number of methoxy groups -OCH3 is 3. The summed E-state index contributed by atoms with van der Waals surface area (Å²) in [4.78, 5) is 38.3. The van der Waals surface area contributed by atoms with Crippen molar-refractivity contribution in [1.29, 1.82) is 0 Å². The summed E-state index contributed by atoms with van der Waals surface area (Å²) in [5.41, 5.74) is 1.18. The molecule has 0 aromatic heterocycles. The summed E-state index contributed by atoms with van der Waals surface area (Å²) in [5, 5.41) is 9.80. The van der Waals surface area contributed by atoms with Gasteiger partial charge in [-0.1, -0.05) is 18.2 Å². The maximum atomic E-state index is 12.6. The minimum Gasteiger partial charge on any atom is -0.497 e. The monoisotopic (exact) mass is 427 g/mol. The molecule has 1 aliphatic heterocycles. The summed E-state index contributed by atoms with van der Waals surface area (Å²) in [6.45, 7) is -0.249. The molecule has 0 bridgehead atoms. The number of aromatic carboxylic acids is 1. The second-order valence-electron chi connectivity index (χ2n) is 6.45. The molecule has 1 N–H and O–H groups in total. The van der Waals surface area contributed by atoms with Gasteiger partial charge in [-0.25, -0.2) is 14.4 Å². The largest absolute Gasteiger partial charge is 0.497 e. The van der Waals surface area contributed by atoms with E-state index >= 15 is 0 Å². The zero-order chi connectivity index (χ0) is 22.5. The van der Waals surface area contributed by atoms with E-state index in [0.717, 1.165) is 0 Å². The van der Waals surface area contributed by atoms with Crippen LogP contribution < -0.4 is 9.64 Å². The van der Waals surface area contributed by atoms with Crippen LogP contribution in [0.3, 0.4) is 0 Å². The van der Waals surface area contributed by atoms with Gasteiger partial charge in [0.2, 0.25) is 0 Å². The van der Waals surface area contributed by atoms with Crippen molar-refractivity contribution in [1.82, 2.24) is 0 Å². The fourth-order valence-electron chi connectivity index (χ4n) is 3.34. The number of carbonyl (C=O) groups excluding carboxylic acids is 2. The van der Waals surface area contributed by atoms with Gasteiger partial charge in [-0.3, -0.25) is 0 Å². The molecule has 0 saturated heterocycles. The third-order valence-electron chi connectivity index (χ3n) is 4.78. The van der Waals surface area contributed by atoms with Crippen LogP contribution in [0.1, 0.15) is 10.4 Å². The minimum atomic E-state index is -1.15. The third kappa shape index (κ3) is 4.22. The van der Waals surface area contributed by atoms with Gasteiger partial charge in [0, 0.05) is 5.56 Å². The summed E-state index contributed by atoms with van der Waals surface area (Å²) < 4.78 is 20.4. The number of ether oxygens (including phenoxy) is 4. The third-order valence-corrected chi connectivity index (χ3v) is 4.78. The number of carboxylic acids is 1. The Balaban J connectivity index is 2.27. The van der Waals surface area contributed by atoms with Crippen LogP contribution in [0, 0.1) is 0 Å². The van der Waals surface area contributed by atoms with Gasteiger partial charge in [-0.15, -0.1) is 0 Å². The van der Waals surface area contributed by atoms with Crippen molar-refractivity contribution in [2.75, 3.05) is 39.6 Å². The number of anilines is 1. The molecule has 0 saturated carbocycles. The first-order chi connectivity index (χ1) is 14.9. The Morgan fingerprint density at radius 2 is 1.65 bits per heavy atom. The summed E-state index contributed by atoms with van der Waals surface area (Å²) >= 11 is 0. The molecule has 0 fully saturated rings. The van der Waals surface area contributed by atoms with E-state index in [0.29, 0.717) is 22.6 Å². The lowest BCUT2D eigenvalue weighted by Gasteiger charge is -2.33. The van der Waals surface area contributed by atoms with E-state index in [2.05, 4.69) is 0 Å². The molecule has 9 heteroatoms. The fourth-order valence-corrected chi connectivity index (χ4v) is 3.34. The van der Waals surface area contributed by atoms with Gasteiger partial charge in [-0.05, 0) is 29.8 Å². The molecule has 0 amide bonds. The van der Waals surface area contributed by atoms with Crippen molar-refractivity contribution in [3.8, 4) is 16.9 Å². The SMILES string of the molecule is COC(=O)C1=C(C(=O)OC)N(c2cccc(C(=O)O)c2-c2ccc(OC)cc2)COC1. The smallest absolute Gasteiger partial charge is 0.355 e. The molecule has 162 valence electrons. The lowest BCUT2D eigenvalue weighted by Crippen LogP contribution is -2.39. The molecule has 0 spiro atoms. The van der Waals surface area contributed by atoms with Crippen molar-refractivity contribution in [2.24, 2.45) is 0 Å². The molecule has 0 atom stereocenters. The standard InChI is InChI=1S/C22H21NO8/c1-28-14-9-7-13(8-10-14)18-15(20(24)25)5-4-6-17(18)23-12-31-11-16(21(26)29-2)19(23)22(27)30-3/h4-10H,11-12H2,1-3H3,(H,24,25). The van der Waals surface area contributed by atoms with E-state index in [9.17, 15) is 19.5 Å². The first kappa shape index (κ1) is 21.8. The number of hydrogen-bond donors (Lipinski definition) is 1. The molecule has 0 aliphatic carbocycles. The Kier molecular flexibility index (Phi) is 6.56. The van der Waals surface area contributed by atoms with Crippen LogP contribution >= 0.6 is 0 Å². The Morgan fingerprint density at radius 1 is 0.968 bits per heavy atom. The molecular weight excluding hydrogens is 406 g/mol. The lowest BCUT2D eigenvalue weighted by atomic mass is 9.96. The van der Waals surface area contributed by atoms with E-state index in [1.54, 1.807) is 36.4 Å². The summed E-state index contributed by atoms with van der Waals surface area (Å²) in [6, 6.07) is 11.4. The number of rotatable bonds is 6. The van der Waals surface area contributed by atoms with Crippen LogP contribution in [0.25, 0.3) is 11.1 Å². The molecular formula is C22H21NO8. The number of benzene rings is 2.